The number of carbonyl (C=O) groups excluding carboxylic acids is 1. The summed E-state index contributed by atoms with van der Waals surface area (Å²) in [5, 5.41) is 0. The number of unbranched alkanes of at least 4 members (excludes halogenated alkanes) is 1. The van der Waals surface area contributed by atoms with Crippen LogP contribution in [-0.4, -0.2) is 12.6 Å². The first-order chi connectivity index (χ1) is 4.77. The third-order valence-electron chi connectivity index (χ3n) is 0.803. The monoisotopic (exact) mass is 146 g/mol. The minimum absolute atomic E-state index is 0.182. The van der Waals surface area contributed by atoms with Crippen LogP contribution < -0.4 is 0 Å². The second-order valence-electron chi connectivity index (χ2n) is 1.69. The molecule has 0 fully saturated rings. The van der Waals surface area contributed by atoms with Gasteiger partial charge in [-0.25, -0.2) is 0 Å². The molecule has 0 saturated heterocycles. The Morgan fingerprint density at radius 2 is 1.90 bits per heavy atom. The predicted octanol–water partition coefficient (Wildman–Crippen LogP) is 2.38. The molecule has 0 radical (unpaired) electrons. The molecule has 0 aliphatic carbocycles. The highest BCUT2D eigenvalue weighted by Gasteiger charge is 1.88. The van der Waals surface area contributed by atoms with E-state index in [1.165, 1.54) is 6.92 Å². The van der Waals surface area contributed by atoms with E-state index < -0.39 is 0 Å². The van der Waals surface area contributed by atoms with Gasteiger partial charge in [-0.1, -0.05) is 27.2 Å². The Kier molecular flexibility index (Phi) is 13.7. The summed E-state index contributed by atoms with van der Waals surface area (Å²) in [4.78, 5) is 10.1. The lowest BCUT2D eigenvalue weighted by atomic mass is 10.4. The van der Waals surface area contributed by atoms with Crippen LogP contribution in [0.5, 0.6) is 0 Å². The van der Waals surface area contributed by atoms with Gasteiger partial charge >= 0.3 is 5.97 Å². The zero-order valence-electron chi connectivity index (χ0n) is 7.44. The van der Waals surface area contributed by atoms with Crippen LogP contribution in [0, 0.1) is 0 Å². The van der Waals surface area contributed by atoms with E-state index in [0.717, 1.165) is 12.8 Å². The second kappa shape index (κ2) is 11.3. The van der Waals surface area contributed by atoms with E-state index in [1.807, 2.05) is 13.8 Å². The zero-order chi connectivity index (χ0) is 8.41. The topological polar surface area (TPSA) is 26.3 Å². The molecule has 2 nitrogen and oxygen atoms in total. The summed E-state index contributed by atoms with van der Waals surface area (Å²) in [6, 6.07) is 0. The molecule has 0 N–H and O–H groups in total. The Bertz CT molecular complexity index is 69.7. The first-order valence-electron chi connectivity index (χ1n) is 3.90. The molecular weight excluding hydrogens is 128 g/mol. The van der Waals surface area contributed by atoms with Gasteiger partial charge in [-0.3, -0.25) is 4.79 Å². The van der Waals surface area contributed by atoms with Gasteiger partial charge in [-0.2, -0.15) is 0 Å². The third kappa shape index (κ3) is 15.6. The standard InChI is InChI=1S/C6H12O2.C2H6/c1-3-4-5-8-6(2)7;1-2/h3-5H2,1-2H3;1-2H3. The first-order valence-corrected chi connectivity index (χ1v) is 3.90. The number of carbonyl (C=O) groups is 1. The van der Waals surface area contributed by atoms with Crippen molar-refractivity contribution in [1.29, 1.82) is 0 Å². The molecule has 0 bridgehead atoms. The lowest BCUT2D eigenvalue weighted by molar-refractivity contribution is -0.141. The fourth-order valence-corrected chi connectivity index (χ4v) is 0.360. The van der Waals surface area contributed by atoms with Crippen molar-refractivity contribution < 1.29 is 9.53 Å². The second-order valence-corrected chi connectivity index (χ2v) is 1.69. The summed E-state index contributed by atoms with van der Waals surface area (Å²) in [7, 11) is 0. The fourth-order valence-electron chi connectivity index (χ4n) is 0.360. The third-order valence-corrected chi connectivity index (χ3v) is 0.803. The Morgan fingerprint density at radius 3 is 2.20 bits per heavy atom. The maximum Gasteiger partial charge on any atom is 0.302 e. The maximum absolute atomic E-state index is 10.1. The van der Waals surface area contributed by atoms with Gasteiger partial charge in [0, 0.05) is 6.92 Å². The average Bonchev–Trinajstić information content (AvgIpc) is 1.92. The molecule has 0 unspecified atom stereocenters. The van der Waals surface area contributed by atoms with Crippen molar-refractivity contribution in [2.24, 2.45) is 0 Å². The van der Waals surface area contributed by atoms with Crippen molar-refractivity contribution in [3.05, 3.63) is 0 Å². The molecule has 0 aromatic carbocycles. The largest absolute Gasteiger partial charge is 0.466 e. The molecule has 2 heteroatoms. The van der Waals surface area contributed by atoms with Crippen LogP contribution >= 0.6 is 0 Å². The van der Waals surface area contributed by atoms with Gasteiger partial charge in [-0.05, 0) is 6.42 Å². The maximum atomic E-state index is 10.1. The van der Waals surface area contributed by atoms with Gasteiger partial charge in [0.15, 0.2) is 0 Å². The highest BCUT2D eigenvalue weighted by atomic mass is 16.5. The Balaban J connectivity index is 0. The molecular formula is C8H18O2. The van der Waals surface area contributed by atoms with Crippen LogP contribution in [0.3, 0.4) is 0 Å². The highest BCUT2D eigenvalue weighted by Crippen LogP contribution is 1.86. The van der Waals surface area contributed by atoms with E-state index in [-0.39, 0.29) is 5.97 Å². The van der Waals surface area contributed by atoms with Crippen molar-refractivity contribution in [3.8, 4) is 0 Å². The molecule has 62 valence electrons. The van der Waals surface area contributed by atoms with E-state index in [4.69, 9.17) is 0 Å². The summed E-state index contributed by atoms with van der Waals surface area (Å²) in [6.07, 6.45) is 2.05. The van der Waals surface area contributed by atoms with Crippen LogP contribution in [0.25, 0.3) is 0 Å². The molecule has 0 heterocycles. The highest BCUT2D eigenvalue weighted by molar-refractivity contribution is 5.65. The van der Waals surface area contributed by atoms with Gasteiger partial charge in [-0.15, -0.1) is 0 Å². The Hall–Kier alpha value is -0.530. The number of esters is 1. The first kappa shape index (κ1) is 12.2. The molecule has 0 spiro atoms. The summed E-state index contributed by atoms with van der Waals surface area (Å²) in [6.45, 7) is 8.06. The SMILES string of the molecule is CC.CCCCOC(C)=O. The predicted molar refractivity (Wildman–Crippen MR) is 42.9 cm³/mol. The van der Waals surface area contributed by atoms with E-state index in [1.54, 1.807) is 0 Å². The lowest BCUT2D eigenvalue weighted by Crippen LogP contribution is -1.99. The molecule has 0 aromatic heterocycles. The number of hydrogen-bond acceptors (Lipinski definition) is 2. The van der Waals surface area contributed by atoms with E-state index >= 15 is 0 Å². The van der Waals surface area contributed by atoms with Crippen molar-refractivity contribution in [2.45, 2.75) is 40.5 Å². The molecule has 0 rings (SSSR count). The number of ether oxygens (including phenoxy) is 1. The van der Waals surface area contributed by atoms with Crippen LogP contribution in [0.4, 0.5) is 0 Å². The fraction of sp³-hybridized carbons (Fsp3) is 0.875. The normalized spacial score (nSPS) is 7.60. The van der Waals surface area contributed by atoms with Crippen molar-refractivity contribution in [3.63, 3.8) is 0 Å². The number of hydrogen-bond donors (Lipinski definition) is 0. The van der Waals surface area contributed by atoms with Crippen LogP contribution in [0.2, 0.25) is 0 Å². The lowest BCUT2D eigenvalue weighted by Gasteiger charge is -1.96. The van der Waals surface area contributed by atoms with Crippen molar-refractivity contribution in [2.75, 3.05) is 6.61 Å². The van der Waals surface area contributed by atoms with Gasteiger partial charge in [0.25, 0.3) is 0 Å². The summed E-state index contributed by atoms with van der Waals surface area (Å²) >= 11 is 0. The quantitative estimate of drug-likeness (QED) is 0.451. The van der Waals surface area contributed by atoms with Crippen molar-refractivity contribution >= 4 is 5.97 Å². The van der Waals surface area contributed by atoms with Crippen LogP contribution in [-0.2, 0) is 9.53 Å². The molecule has 0 aliphatic heterocycles. The summed E-state index contributed by atoms with van der Waals surface area (Å²) in [5.41, 5.74) is 0. The van der Waals surface area contributed by atoms with Gasteiger partial charge in [0.05, 0.1) is 6.61 Å². The van der Waals surface area contributed by atoms with E-state index in [0.29, 0.717) is 6.61 Å². The molecule has 0 aromatic rings. The summed E-state index contributed by atoms with van der Waals surface area (Å²) in [5.74, 6) is -0.182. The average molecular weight is 146 g/mol. The van der Waals surface area contributed by atoms with E-state index in [2.05, 4.69) is 11.7 Å². The van der Waals surface area contributed by atoms with Crippen molar-refractivity contribution in [1.82, 2.24) is 0 Å². The molecule has 0 saturated carbocycles. The Labute approximate surface area is 63.6 Å². The summed E-state index contributed by atoms with van der Waals surface area (Å²) < 4.78 is 4.64. The minimum atomic E-state index is -0.182. The van der Waals surface area contributed by atoms with E-state index in [9.17, 15) is 4.79 Å². The smallest absolute Gasteiger partial charge is 0.302 e. The molecule has 10 heavy (non-hydrogen) atoms. The molecule has 0 atom stereocenters. The van der Waals surface area contributed by atoms with Gasteiger partial charge in [0.1, 0.15) is 0 Å². The van der Waals surface area contributed by atoms with Gasteiger partial charge < -0.3 is 4.74 Å². The van der Waals surface area contributed by atoms with Gasteiger partial charge in [0.2, 0.25) is 0 Å². The molecule has 0 amide bonds. The van der Waals surface area contributed by atoms with Crippen LogP contribution in [0.1, 0.15) is 40.5 Å². The number of rotatable bonds is 3. The minimum Gasteiger partial charge on any atom is -0.466 e. The molecule has 0 aliphatic rings. The van der Waals surface area contributed by atoms with Crippen LogP contribution in [0.15, 0.2) is 0 Å². The Morgan fingerprint density at radius 1 is 1.40 bits per heavy atom. The zero-order valence-corrected chi connectivity index (χ0v) is 7.44.